The van der Waals surface area contributed by atoms with Crippen molar-refractivity contribution in [3.05, 3.63) is 30.3 Å². The monoisotopic (exact) mass is 287 g/mol. The third-order valence-corrected chi connectivity index (χ3v) is 6.15. The third kappa shape index (κ3) is 2.37. The fourth-order valence-corrected chi connectivity index (χ4v) is 5.88. The Labute approximate surface area is 124 Å². The zero-order valence-electron chi connectivity index (χ0n) is 11.7. The summed E-state index contributed by atoms with van der Waals surface area (Å²) in [4.78, 5) is 13.4. The van der Waals surface area contributed by atoms with Crippen molar-refractivity contribution in [2.24, 2.45) is 17.8 Å². The summed E-state index contributed by atoms with van der Waals surface area (Å²) in [7, 11) is 0. The van der Waals surface area contributed by atoms with Crippen molar-refractivity contribution in [2.75, 3.05) is 0 Å². The number of hydrogen-bond donors (Lipinski definition) is 1. The summed E-state index contributed by atoms with van der Waals surface area (Å²) in [5.74, 6) is 2.63. The lowest BCUT2D eigenvalue weighted by Crippen LogP contribution is -2.59. The first-order valence-corrected chi connectivity index (χ1v) is 8.57. The van der Waals surface area contributed by atoms with Gasteiger partial charge >= 0.3 is 0 Å². The maximum Gasteiger partial charge on any atom is 0.284 e. The van der Waals surface area contributed by atoms with E-state index < -0.39 is 0 Å². The van der Waals surface area contributed by atoms with Gasteiger partial charge < -0.3 is 5.32 Å². The summed E-state index contributed by atoms with van der Waals surface area (Å²) in [5, 5.41) is 3.53. The Morgan fingerprint density at radius 3 is 2.10 bits per heavy atom. The minimum atomic E-state index is 0.133. The molecule has 2 nitrogen and oxygen atoms in total. The molecule has 0 heterocycles. The summed E-state index contributed by atoms with van der Waals surface area (Å²) >= 11 is 1.34. The highest BCUT2D eigenvalue weighted by Crippen LogP contribution is 2.55. The largest absolute Gasteiger partial charge is 0.341 e. The molecule has 4 aliphatic rings. The molecule has 0 aliphatic heterocycles. The van der Waals surface area contributed by atoms with Gasteiger partial charge in [-0.25, -0.2) is 0 Å². The van der Waals surface area contributed by atoms with E-state index in [0.717, 1.165) is 22.6 Å². The van der Waals surface area contributed by atoms with E-state index in [1.54, 1.807) is 0 Å². The molecule has 0 unspecified atom stereocenters. The number of carbonyl (C=O) groups is 1. The lowest BCUT2D eigenvalue weighted by molar-refractivity contribution is -0.0119. The summed E-state index contributed by atoms with van der Waals surface area (Å²) in [5.41, 5.74) is 0.133. The van der Waals surface area contributed by atoms with Crippen LogP contribution in [0.3, 0.4) is 0 Å². The third-order valence-electron chi connectivity index (χ3n) is 5.36. The fourth-order valence-electron chi connectivity index (χ4n) is 5.10. The Bertz CT molecular complexity index is 478. The number of amides is 1. The van der Waals surface area contributed by atoms with Crippen LogP contribution in [0, 0.1) is 17.8 Å². The second kappa shape index (κ2) is 4.80. The van der Waals surface area contributed by atoms with E-state index in [1.165, 1.54) is 50.3 Å². The van der Waals surface area contributed by atoms with Gasteiger partial charge in [0.25, 0.3) is 5.24 Å². The lowest BCUT2D eigenvalue weighted by atomic mass is 9.53. The maximum absolute atomic E-state index is 12.3. The second-order valence-corrected chi connectivity index (χ2v) is 8.07. The normalized spacial score (nSPS) is 37.9. The van der Waals surface area contributed by atoms with E-state index in [0.29, 0.717) is 0 Å². The Morgan fingerprint density at radius 2 is 1.55 bits per heavy atom. The number of nitrogens with one attached hydrogen (secondary N) is 1. The van der Waals surface area contributed by atoms with Gasteiger partial charge in [-0.05, 0) is 80.2 Å². The molecule has 106 valence electrons. The maximum atomic E-state index is 12.3. The highest BCUT2D eigenvalue weighted by molar-refractivity contribution is 8.13. The molecule has 0 aromatic heterocycles. The summed E-state index contributed by atoms with van der Waals surface area (Å²) in [6, 6.07) is 9.97. The number of thioether (sulfide) groups is 1. The zero-order chi connectivity index (χ0) is 13.6. The van der Waals surface area contributed by atoms with Crippen molar-refractivity contribution in [3.63, 3.8) is 0 Å². The van der Waals surface area contributed by atoms with E-state index in [-0.39, 0.29) is 10.8 Å². The van der Waals surface area contributed by atoms with Gasteiger partial charge in [-0.2, -0.15) is 0 Å². The number of rotatable bonds is 2. The second-order valence-electron chi connectivity index (χ2n) is 7.03. The molecule has 1 aromatic carbocycles. The Kier molecular flexibility index (Phi) is 3.06. The Hall–Kier alpha value is -0.960. The topological polar surface area (TPSA) is 29.1 Å². The van der Waals surface area contributed by atoms with Gasteiger partial charge in [0.1, 0.15) is 0 Å². The first kappa shape index (κ1) is 12.8. The van der Waals surface area contributed by atoms with E-state index in [4.69, 9.17) is 0 Å². The molecule has 0 atom stereocenters. The van der Waals surface area contributed by atoms with Gasteiger partial charge in [0.05, 0.1) is 0 Å². The van der Waals surface area contributed by atoms with Crippen LogP contribution in [0.1, 0.15) is 38.5 Å². The fraction of sp³-hybridized carbons (Fsp3) is 0.588. The lowest BCUT2D eigenvalue weighted by Gasteiger charge is -2.56. The van der Waals surface area contributed by atoms with Gasteiger partial charge in [0.15, 0.2) is 0 Å². The van der Waals surface area contributed by atoms with Gasteiger partial charge in [0, 0.05) is 10.4 Å². The smallest absolute Gasteiger partial charge is 0.284 e. The molecule has 0 saturated heterocycles. The average Bonchev–Trinajstić information content (AvgIpc) is 2.37. The van der Waals surface area contributed by atoms with E-state index in [2.05, 4.69) is 5.32 Å². The van der Waals surface area contributed by atoms with Crippen molar-refractivity contribution in [3.8, 4) is 0 Å². The van der Waals surface area contributed by atoms with Crippen LogP contribution in [0.5, 0.6) is 0 Å². The number of carbonyl (C=O) groups excluding carboxylic acids is 1. The van der Waals surface area contributed by atoms with Gasteiger partial charge in [-0.3, -0.25) is 4.79 Å². The standard InChI is InChI=1S/C17H21NOS/c19-16(20-15-4-2-1-3-5-15)18-17-9-12-6-13(10-17)8-14(7-12)11-17/h1-5,12-14H,6-11H2,(H,18,19). The highest BCUT2D eigenvalue weighted by atomic mass is 32.2. The molecule has 4 aliphatic carbocycles. The molecule has 0 spiro atoms. The molecule has 4 fully saturated rings. The van der Waals surface area contributed by atoms with Crippen LogP contribution in [-0.4, -0.2) is 10.8 Å². The number of hydrogen-bond acceptors (Lipinski definition) is 2. The van der Waals surface area contributed by atoms with Crippen LogP contribution < -0.4 is 5.32 Å². The first-order valence-electron chi connectivity index (χ1n) is 7.76. The summed E-state index contributed by atoms with van der Waals surface area (Å²) in [6.45, 7) is 0. The van der Waals surface area contributed by atoms with Crippen LogP contribution in [0.4, 0.5) is 4.79 Å². The predicted molar refractivity (Wildman–Crippen MR) is 81.7 cm³/mol. The van der Waals surface area contributed by atoms with Crippen molar-refractivity contribution in [2.45, 2.75) is 49.0 Å². The molecular formula is C17H21NOS. The Balaban J connectivity index is 1.45. The van der Waals surface area contributed by atoms with Crippen molar-refractivity contribution in [1.29, 1.82) is 0 Å². The minimum absolute atomic E-state index is 0.133. The molecule has 0 radical (unpaired) electrons. The van der Waals surface area contributed by atoms with Crippen molar-refractivity contribution >= 4 is 17.0 Å². The van der Waals surface area contributed by atoms with Crippen LogP contribution >= 0.6 is 11.8 Å². The molecule has 20 heavy (non-hydrogen) atoms. The molecule has 1 N–H and O–H groups in total. The van der Waals surface area contributed by atoms with Gasteiger partial charge in [0.2, 0.25) is 0 Å². The zero-order valence-corrected chi connectivity index (χ0v) is 12.5. The van der Waals surface area contributed by atoms with Crippen LogP contribution in [0.25, 0.3) is 0 Å². The molecule has 4 saturated carbocycles. The molecule has 1 amide bonds. The quantitative estimate of drug-likeness (QED) is 0.814. The van der Waals surface area contributed by atoms with E-state index in [1.807, 2.05) is 30.3 Å². The Morgan fingerprint density at radius 1 is 1.00 bits per heavy atom. The van der Waals surface area contributed by atoms with Crippen LogP contribution in [0.15, 0.2) is 35.2 Å². The average molecular weight is 287 g/mol. The summed E-state index contributed by atoms with van der Waals surface area (Å²) < 4.78 is 0. The van der Waals surface area contributed by atoms with Crippen LogP contribution in [0.2, 0.25) is 0 Å². The molecular weight excluding hydrogens is 266 g/mol. The van der Waals surface area contributed by atoms with Crippen molar-refractivity contribution in [1.82, 2.24) is 5.32 Å². The first-order chi connectivity index (χ1) is 9.71. The molecule has 4 bridgehead atoms. The number of benzene rings is 1. The molecule has 3 heteroatoms. The predicted octanol–water partition coefficient (Wildman–Crippen LogP) is 4.46. The minimum Gasteiger partial charge on any atom is -0.341 e. The highest BCUT2D eigenvalue weighted by Gasteiger charge is 2.51. The SMILES string of the molecule is O=C(NC12CC3CC(CC(C3)C1)C2)Sc1ccccc1. The van der Waals surface area contributed by atoms with Gasteiger partial charge in [-0.15, -0.1) is 0 Å². The van der Waals surface area contributed by atoms with E-state index >= 15 is 0 Å². The van der Waals surface area contributed by atoms with Gasteiger partial charge in [-0.1, -0.05) is 18.2 Å². The molecule has 1 aromatic rings. The van der Waals surface area contributed by atoms with Crippen molar-refractivity contribution < 1.29 is 4.79 Å². The van der Waals surface area contributed by atoms with Crippen LogP contribution in [-0.2, 0) is 0 Å². The molecule has 5 rings (SSSR count). The van der Waals surface area contributed by atoms with E-state index in [9.17, 15) is 4.79 Å². The summed E-state index contributed by atoms with van der Waals surface area (Å²) in [6.07, 6.45) is 7.92.